The summed E-state index contributed by atoms with van der Waals surface area (Å²) in [7, 11) is -1.83. The normalized spacial score (nSPS) is 12.6. The predicted molar refractivity (Wildman–Crippen MR) is 99.4 cm³/mol. The average Bonchev–Trinajstić information content (AvgIpc) is 2.90. The van der Waals surface area contributed by atoms with E-state index in [1.165, 1.54) is 0 Å². The number of imidazole rings is 1. The summed E-state index contributed by atoms with van der Waals surface area (Å²) in [5, 5.41) is 0.183. The Kier molecular flexibility index (Phi) is 3.80. The number of fused-ring (bicyclic) bond motifs is 1. The summed E-state index contributed by atoms with van der Waals surface area (Å²) in [5.41, 5.74) is 3.09. The Morgan fingerprint density at radius 2 is 1.74 bits per heavy atom. The third-order valence-electron chi connectivity index (χ3n) is 4.68. The van der Waals surface area contributed by atoms with Crippen LogP contribution in [0.4, 0.5) is 0 Å². The molecule has 1 aromatic heterocycles. The smallest absolute Gasteiger partial charge is 0.250 e. The van der Waals surface area contributed by atoms with Gasteiger partial charge in [-0.2, -0.15) is 0 Å². The molecule has 0 radical (unpaired) electrons. The summed E-state index contributed by atoms with van der Waals surface area (Å²) in [6.45, 7) is 11.3. The van der Waals surface area contributed by atoms with Crippen molar-refractivity contribution in [1.29, 1.82) is 0 Å². The number of hydrogen-bond acceptors (Lipinski definition) is 2. The molecule has 0 saturated carbocycles. The maximum atomic E-state index is 6.40. The van der Waals surface area contributed by atoms with Gasteiger partial charge >= 0.3 is 0 Å². The standard InChI is InChI=1S/C19H24N2OSi/c1-19(2,3)23(4,5)22-15-10-8-9-14(13-15)18-20-16-11-6-7-12-17(16)21-18/h6-13H,1-5H3,(H,20,21). The quantitative estimate of drug-likeness (QED) is 0.635. The van der Waals surface area contributed by atoms with Crippen molar-refractivity contribution in [2.24, 2.45) is 0 Å². The van der Waals surface area contributed by atoms with Crippen molar-refractivity contribution >= 4 is 19.4 Å². The van der Waals surface area contributed by atoms with Gasteiger partial charge in [-0.1, -0.05) is 45.0 Å². The van der Waals surface area contributed by atoms with Crippen molar-refractivity contribution in [3.05, 3.63) is 48.5 Å². The second-order valence-electron chi connectivity index (χ2n) is 7.49. The van der Waals surface area contributed by atoms with Crippen molar-refractivity contribution in [2.45, 2.75) is 38.9 Å². The third kappa shape index (κ3) is 3.17. The summed E-state index contributed by atoms with van der Waals surface area (Å²) in [4.78, 5) is 8.05. The minimum Gasteiger partial charge on any atom is -0.543 e. The van der Waals surface area contributed by atoms with E-state index in [9.17, 15) is 0 Å². The van der Waals surface area contributed by atoms with Crippen LogP contribution in [-0.4, -0.2) is 18.3 Å². The topological polar surface area (TPSA) is 37.9 Å². The van der Waals surface area contributed by atoms with Gasteiger partial charge in [0.15, 0.2) is 0 Å². The highest BCUT2D eigenvalue weighted by Gasteiger charge is 2.38. The van der Waals surface area contributed by atoms with Gasteiger partial charge < -0.3 is 9.41 Å². The molecule has 0 aliphatic heterocycles. The largest absolute Gasteiger partial charge is 0.543 e. The number of rotatable bonds is 3. The van der Waals surface area contributed by atoms with Crippen LogP contribution in [0.1, 0.15) is 20.8 Å². The molecule has 0 aliphatic carbocycles. The van der Waals surface area contributed by atoms with Gasteiger partial charge in [0, 0.05) is 5.56 Å². The number of H-pyrrole nitrogens is 1. The fourth-order valence-electron chi connectivity index (χ4n) is 2.24. The average molecular weight is 324 g/mol. The molecule has 2 aromatic carbocycles. The second kappa shape index (κ2) is 5.53. The monoisotopic (exact) mass is 324 g/mol. The zero-order valence-corrected chi connectivity index (χ0v) is 15.5. The number of nitrogens with one attached hydrogen (secondary N) is 1. The third-order valence-corrected chi connectivity index (χ3v) is 9.03. The number of nitrogens with zero attached hydrogens (tertiary/aromatic N) is 1. The molecule has 3 rings (SSSR count). The van der Waals surface area contributed by atoms with Gasteiger partial charge in [0.2, 0.25) is 8.32 Å². The number of para-hydroxylation sites is 2. The lowest BCUT2D eigenvalue weighted by atomic mass is 10.2. The molecule has 0 saturated heterocycles. The molecule has 0 unspecified atom stereocenters. The van der Waals surface area contributed by atoms with Crippen molar-refractivity contribution in [3.63, 3.8) is 0 Å². The van der Waals surface area contributed by atoms with Crippen molar-refractivity contribution in [3.8, 4) is 17.1 Å². The highest BCUT2D eigenvalue weighted by Crippen LogP contribution is 2.38. The fourth-order valence-corrected chi connectivity index (χ4v) is 3.27. The van der Waals surface area contributed by atoms with Crippen LogP contribution in [0.25, 0.3) is 22.4 Å². The Morgan fingerprint density at radius 3 is 2.43 bits per heavy atom. The minimum absolute atomic E-state index is 0.183. The SMILES string of the molecule is CC(C)(C)[Si](C)(C)Oc1cccc(-c2nc3ccccc3[nH]2)c1. The van der Waals surface area contributed by atoms with E-state index in [4.69, 9.17) is 4.43 Å². The molecule has 0 amide bonds. The highest BCUT2D eigenvalue weighted by atomic mass is 28.4. The molecular weight excluding hydrogens is 300 g/mol. The van der Waals surface area contributed by atoms with Crippen molar-refractivity contribution in [1.82, 2.24) is 9.97 Å². The molecule has 0 aliphatic rings. The van der Waals surface area contributed by atoms with E-state index in [0.717, 1.165) is 28.2 Å². The van der Waals surface area contributed by atoms with Gasteiger partial charge in [-0.25, -0.2) is 4.98 Å². The lowest BCUT2D eigenvalue weighted by molar-refractivity contribution is 0.492. The van der Waals surface area contributed by atoms with E-state index < -0.39 is 8.32 Å². The van der Waals surface area contributed by atoms with Crippen LogP contribution >= 0.6 is 0 Å². The summed E-state index contributed by atoms with van der Waals surface area (Å²) in [6.07, 6.45) is 0. The Morgan fingerprint density at radius 1 is 1.00 bits per heavy atom. The zero-order chi connectivity index (χ0) is 16.7. The maximum Gasteiger partial charge on any atom is 0.250 e. The molecule has 1 heterocycles. The predicted octanol–water partition coefficient (Wildman–Crippen LogP) is 5.61. The summed E-state index contributed by atoms with van der Waals surface area (Å²) in [6, 6.07) is 16.3. The fraction of sp³-hybridized carbons (Fsp3) is 0.316. The zero-order valence-electron chi connectivity index (χ0n) is 14.5. The molecule has 1 N–H and O–H groups in total. The van der Waals surface area contributed by atoms with Crippen LogP contribution in [-0.2, 0) is 0 Å². The first-order valence-electron chi connectivity index (χ1n) is 8.00. The van der Waals surface area contributed by atoms with E-state index in [-0.39, 0.29) is 5.04 Å². The minimum atomic E-state index is -1.83. The van der Waals surface area contributed by atoms with E-state index in [1.54, 1.807) is 0 Å². The lowest BCUT2D eigenvalue weighted by Gasteiger charge is -2.36. The molecule has 0 bridgehead atoms. The van der Waals surface area contributed by atoms with Crippen LogP contribution in [0.15, 0.2) is 48.5 Å². The van der Waals surface area contributed by atoms with Crippen molar-refractivity contribution in [2.75, 3.05) is 0 Å². The Hall–Kier alpha value is -2.07. The molecule has 0 atom stereocenters. The highest BCUT2D eigenvalue weighted by molar-refractivity contribution is 6.74. The van der Waals surface area contributed by atoms with Crippen LogP contribution in [0.3, 0.4) is 0 Å². The number of aromatic amines is 1. The number of hydrogen-bond donors (Lipinski definition) is 1. The molecule has 23 heavy (non-hydrogen) atoms. The van der Waals surface area contributed by atoms with E-state index in [2.05, 4.69) is 56.0 Å². The molecular formula is C19H24N2OSi. The van der Waals surface area contributed by atoms with Gasteiger partial charge in [-0.05, 0) is 42.4 Å². The lowest BCUT2D eigenvalue weighted by Crippen LogP contribution is -2.43. The summed E-state index contributed by atoms with van der Waals surface area (Å²) >= 11 is 0. The molecule has 0 spiro atoms. The maximum absolute atomic E-state index is 6.40. The van der Waals surface area contributed by atoms with Crippen LogP contribution in [0.2, 0.25) is 18.1 Å². The van der Waals surface area contributed by atoms with Gasteiger partial charge in [0.25, 0.3) is 0 Å². The number of benzene rings is 2. The van der Waals surface area contributed by atoms with E-state index in [0.29, 0.717) is 0 Å². The van der Waals surface area contributed by atoms with Crippen LogP contribution in [0, 0.1) is 0 Å². The van der Waals surface area contributed by atoms with E-state index >= 15 is 0 Å². The van der Waals surface area contributed by atoms with Gasteiger partial charge in [0.05, 0.1) is 11.0 Å². The first kappa shape index (κ1) is 15.8. The van der Waals surface area contributed by atoms with Gasteiger partial charge in [-0.15, -0.1) is 0 Å². The van der Waals surface area contributed by atoms with Gasteiger partial charge in [0.1, 0.15) is 11.6 Å². The first-order valence-corrected chi connectivity index (χ1v) is 10.9. The van der Waals surface area contributed by atoms with Crippen LogP contribution in [0.5, 0.6) is 5.75 Å². The van der Waals surface area contributed by atoms with Crippen molar-refractivity contribution < 1.29 is 4.43 Å². The number of aromatic nitrogens is 2. The van der Waals surface area contributed by atoms with Gasteiger partial charge in [-0.3, -0.25) is 0 Å². The van der Waals surface area contributed by atoms with E-state index in [1.807, 2.05) is 36.4 Å². The Bertz CT molecular complexity index is 798. The molecule has 4 heteroatoms. The summed E-state index contributed by atoms with van der Waals surface area (Å²) in [5.74, 6) is 1.81. The Balaban J connectivity index is 1.94. The Labute approximate surface area is 138 Å². The molecule has 3 aromatic rings. The second-order valence-corrected chi connectivity index (χ2v) is 12.2. The molecule has 0 fully saturated rings. The molecule has 3 nitrogen and oxygen atoms in total. The van der Waals surface area contributed by atoms with Crippen LogP contribution < -0.4 is 4.43 Å². The molecule has 120 valence electrons. The summed E-state index contributed by atoms with van der Waals surface area (Å²) < 4.78 is 6.40. The first-order chi connectivity index (χ1) is 10.8.